The van der Waals surface area contributed by atoms with Crippen molar-refractivity contribution in [3.05, 3.63) is 59.9 Å². The number of carbonyl (C=O) groups is 1. The van der Waals surface area contributed by atoms with Gasteiger partial charge in [-0.05, 0) is 31.2 Å². The van der Waals surface area contributed by atoms with Crippen LogP contribution < -0.4 is 10.1 Å². The number of nitrogens with zero attached hydrogens (tertiary/aromatic N) is 1. The number of aromatic nitrogens is 1. The highest BCUT2D eigenvalue weighted by Crippen LogP contribution is 2.10. The van der Waals surface area contributed by atoms with Crippen LogP contribution in [0.4, 0.5) is 0 Å². The number of ether oxygens (including phenoxy) is 1. The van der Waals surface area contributed by atoms with E-state index in [1.165, 1.54) is 0 Å². The zero-order chi connectivity index (χ0) is 14.2. The van der Waals surface area contributed by atoms with Gasteiger partial charge in [0.1, 0.15) is 5.75 Å². The number of pyridine rings is 1. The largest absolute Gasteiger partial charge is 0.484 e. The van der Waals surface area contributed by atoms with E-state index in [1.807, 2.05) is 49.4 Å². The Balaban J connectivity index is 1.67. The second-order valence-electron chi connectivity index (χ2n) is 4.52. The predicted octanol–water partition coefficient (Wildman–Crippen LogP) is 2.13. The van der Waals surface area contributed by atoms with Crippen LogP contribution in [0, 0.1) is 6.92 Å². The molecule has 0 spiro atoms. The molecule has 104 valence electrons. The van der Waals surface area contributed by atoms with E-state index >= 15 is 0 Å². The van der Waals surface area contributed by atoms with Gasteiger partial charge < -0.3 is 10.1 Å². The average molecular weight is 270 g/mol. The molecule has 0 unspecified atom stereocenters. The van der Waals surface area contributed by atoms with E-state index in [4.69, 9.17) is 4.74 Å². The number of aryl methyl sites for hydroxylation is 1. The van der Waals surface area contributed by atoms with Crippen molar-refractivity contribution in [2.24, 2.45) is 0 Å². The summed E-state index contributed by atoms with van der Waals surface area (Å²) in [6, 6.07) is 13.4. The summed E-state index contributed by atoms with van der Waals surface area (Å²) in [5, 5.41) is 2.81. The minimum Gasteiger partial charge on any atom is -0.484 e. The Morgan fingerprint density at radius 1 is 1.20 bits per heavy atom. The van der Waals surface area contributed by atoms with E-state index in [0.717, 1.165) is 17.7 Å². The van der Waals surface area contributed by atoms with Gasteiger partial charge in [-0.1, -0.05) is 23.8 Å². The molecule has 0 saturated carbocycles. The van der Waals surface area contributed by atoms with Gasteiger partial charge in [0.2, 0.25) is 0 Å². The lowest BCUT2D eigenvalue weighted by molar-refractivity contribution is -0.123. The van der Waals surface area contributed by atoms with Crippen LogP contribution in [-0.4, -0.2) is 24.0 Å². The summed E-state index contributed by atoms with van der Waals surface area (Å²) in [7, 11) is 0. The second-order valence-corrected chi connectivity index (χ2v) is 4.52. The van der Waals surface area contributed by atoms with Crippen LogP contribution >= 0.6 is 0 Å². The molecule has 0 radical (unpaired) electrons. The molecule has 0 atom stereocenters. The first-order valence-electron chi connectivity index (χ1n) is 6.60. The lowest BCUT2D eigenvalue weighted by atomic mass is 10.2. The fourth-order valence-electron chi connectivity index (χ4n) is 1.71. The molecule has 0 aliphatic rings. The van der Waals surface area contributed by atoms with Crippen LogP contribution in [0.2, 0.25) is 0 Å². The second kappa shape index (κ2) is 7.28. The lowest BCUT2D eigenvalue weighted by Crippen LogP contribution is -2.30. The van der Waals surface area contributed by atoms with E-state index < -0.39 is 0 Å². The van der Waals surface area contributed by atoms with Crippen molar-refractivity contribution in [3.8, 4) is 5.75 Å². The molecule has 0 saturated heterocycles. The molecule has 1 aromatic carbocycles. The minimum absolute atomic E-state index is 0.0330. The Labute approximate surface area is 118 Å². The monoisotopic (exact) mass is 270 g/mol. The molecule has 0 bridgehead atoms. The molecule has 1 amide bonds. The summed E-state index contributed by atoms with van der Waals surface area (Å²) in [5.41, 5.74) is 2.13. The van der Waals surface area contributed by atoms with Crippen molar-refractivity contribution in [2.75, 3.05) is 13.2 Å². The number of benzene rings is 1. The molecular formula is C16H18N2O2. The fourth-order valence-corrected chi connectivity index (χ4v) is 1.71. The van der Waals surface area contributed by atoms with E-state index in [2.05, 4.69) is 10.3 Å². The van der Waals surface area contributed by atoms with Gasteiger partial charge in [-0.25, -0.2) is 0 Å². The first kappa shape index (κ1) is 14.1. The van der Waals surface area contributed by atoms with Gasteiger partial charge in [0.25, 0.3) is 5.91 Å². The first-order valence-corrected chi connectivity index (χ1v) is 6.60. The molecule has 1 N–H and O–H groups in total. The predicted molar refractivity (Wildman–Crippen MR) is 77.6 cm³/mol. The SMILES string of the molecule is Cc1ccc(OCC(=O)NCCc2ccccn2)cc1. The van der Waals surface area contributed by atoms with Gasteiger partial charge in [-0.2, -0.15) is 0 Å². The maximum atomic E-state index is 11.6. The molecule has 0 aliphatic heterocycles. The van der Waals surface area contributed by atoms with Crippen molar-refractivity contribution >= 4 is 5.91 Å². The van der Waals surface area contributed by atoms with E-state index in [9.17, 15) is 4.79 Å². The quantitative estimate of drug-likeness (QED) is 0.875. The van der Waals surface area contributed by atoms with Crippen LogP contribution in [-0.2, 0) is 11.2 Å². The summed E-state index contributed by atoms with van der Waals surface area (Å²) in [6.45, 7) is 2.60. The zero-order valence-corrected chi connectivity index (χ0v) is 11.5. The Hall–Kier alpha value is -2.36. The Morgan fingerprint density at radius 2 is 2.00 bits per heavy atom. The van der Waals surface area contributed by atoms with Gasteiger partial charge in [0.05, 0.1) is 0 Å². The number of hydrogen-bond acceptors (Lipinski definition) is 3. The van der Waals surface area contributed by atoms with Crippen LogP contribution in [0.1, 0.15) is 11.3 Å². The van der Waals surface area contributed by atoms with Gasteiger partial charge in [-0.3, -0.25) is 9.78 Å². The van der Waals surface area contributed by atoms with Crippen molar-refractivity contribution < 1.29 is 9.53 Å². The normalized spacial score (nSPS) is 10.1. The number of hydrogen-bond donors (Lipinski definition) is 1. The molecule has 2 rings (SSSR count). The third kappa shape index (κ3) is 4.72. The lowest BCUT2D eigenvalue weighted by Gasteiger charge is -2.07. The molecule has 2 aromatic rings. The number of carbonyl (C=O) groups excluding carboxylic acids is 1. The molecule has 1 heterocycles. The first-order chi connectivity index (χ1) is 9.74. The van der Waals surface area contributed by atoms with Crippen LogP contribution in [0.25, 0.3) is 0 Å². The van der Waals surface area contributed by atoms with Crippen molar-refractivity contribution in [1.29, 1.82) is 0 Å². The highest BCUT2D eigenvalue weighted by Gasteiger charge is 2.02. The van der Waals surface area contributed by atoms with Gasteiger partial charge >= 0.3 is 0 Å². The number of amides is 1. The summed E-state index contributed by atoms with van der Waals surface area (Å²) >= 11 is 0. The van der Waals surface area contributed by atoms with Crippen molar-refractivity contribution in [2.45, 2.75) is 13.3 Å². The topological polar surface area (TPSA) is 51.2 Å². The smallest absolute Gasteiger partial charge is 0.257 e. The number of rotatable bonds is 6. The third-order valence-corrected chi connectivity index (χ3v) is 2.82. The molecule has 0 fully saturated rings. The molecule has 0 aliphatic carbocycles. The summed E-state index contributed by atoms with van der Waals surface area (Å²) in [4.78, 5) is 15.8. The van der Waals surface area contributed by atoms with E-state index in [-0.39, 0.29) is 12.5 Å². The van der Waals surface area contributed by atoms with Crippen LogP contribution in [0.15, 0.2) is 48.7 Å². The summed E-state index contributed by atoms with van der Waals surface area (Å²) in [6.07, 6.45) is 2.47. The van der Waals surface area contributed by atoms with E-state index in [0.29, 0.717) is 12.3 Å². The zero-order valence-electron chi connectivity index (χ0n) is 11.5. The summed E-state index contributed by atoms with van der Waals surface area (Å²) in [5.74, 6) is 0.581. The van der Waals surface area contributed by atoms with E-state index in [1.54, 1.807) is 6.20 Å². The Kier molecular flexibility index (Phi) is 5.12. The van der Waals surface area contributed by atoms with Crippen LogP contribution in [0.5, 0.6) is 5.75 Å². The summed E-state index contributed by atoms with van der Waals surface area (Å²) < 4.78 is 5.40. The van der Waals surface area contributed by atoms with Gasteiger partial charge in [0.15, 0.2) is 6.61 Å². The van der Waals surface area contributed by atoms with Crippen LogP contribution in [0.3, 0.4) is 0 Å². The molecule has 20 heavy (non-hydrogen) atoms. The Morgan fingerprint density at radius 3 is 2.70 bits per heavy atom. The Bertz CT molecular complexity index is 538. The standard InChI is InChI=1S/C16H18N2O2/c1-13-5-7-15(8-6-13)20-12-16(19)18-11-9-14-4-2-3-10-17-14/h2-8,10H,9,11-12H2,1H3,(H,18,19). The maximum Gasteiger partial charge on any atom is 0.257 e. The molecular weight excluding hydrogens is 252 g/mol. The highest BCUT2D eigenvalue weighted by atomic mass is 16.5. The highest BCUT2D eigenvalue weighted by molar-refractivity contribution is 5.77. The average Bonchev–Trinajstić information content (AvgIpc) is 2.48. The maximum absolute atomic E-state index is 11.6. The van der Waals surface area contributed by atoms with Gasteiger partial charge in [-0.15, -0.1) is 0 Å². The fraction of sp³-hybridized carbons (Fsp3) is 0.250. The number of nitrogens with one attached hydrogen (secondary N) is 1. The van der Waals surface area contributed by atoms with Crippen molar-refractivity contribution in [1.82, 2.24) is 10.3 Å². The minimum atomic E-state index is -0.124. The third-order valence-electron chi connectivity index (χ3n) is 2.82. The molecule has 4 nitrogen and oxygen atoms in total. The molecule has 1 aromatic heterocycles. The molecule has 4 heteroatoms. The van der Waals surface area contributed by atoms with Crippen molar-refractivity contribution in [3.63, 3.8) is 0 Å². The van der Waals surface area contributed by atoms with Gasteiger partial charge in [0, 0.05) is 24.9 Å².